The molecule has 4 rings (SSSR count). The monoisotopic (exact) mass is 505 g/mol. The van der Waals surface area contributed by atoms with E-state index in [9.17, 15) is 39.2 Å². The highest BCUT2D eigenvalue weighted by Gasteiger charge is 2.67. The average Bonchev–Trinajstić information content (AvgIpc) is 2.80. The first-order valence-corrected chi connectivity index (χ1v) is 11.9. The smallest absolute Gasteiger partial charge is 0.230 e. The van der Waals surface area contributed by atoms with Crippen LogP contribution in [-0.2, 0) is 27.3 Å². The summed E-state index contributed by atoms with van der Waals surface area (Å²) in [4.78, 5) is 40.7. The van der Waals surface area contributed by atoms with Crippen molar-refractivity contribution in [3.05, 3.63) is 34.4 Å². The maximum Gasteiger partial charge on any atom is 0.230 e. The molecule has 4 unspecified atom stereocenters. The van der Waals surface area contributed by atoms with Crippen LogP contribution in [0, 0.1) is 17.8 Å². The third kappa shape index (κ3) is 3.73. The Morgan fingerprint density at radius 1 is 1.31 bits per heavy atom. The van der Waals surface area contributed by atoms with E-state index in [1.165, 1.54) is 6.07 Å². The van der Waals surface area contributed by atoms with Crippen molar-refractivity contribution in [2.75, 3.05) is 20.8 Å². The van der Waals surface area contributed by atoms with Crippen LogP contribution >= 0.6 is 0 Å². The number of aromatic hydroxyl groups is 1. The van der Waals surface area contributed by atoms with Crippen LogP contribution in [0.4, 0.5) is 4.39 Å². The number of nitrogens with zero attached hydrogens (tertiary/aromatic N) is 1. The molecule has 2 saturated carbocycles. The molecule has 7 N–H and O–H groups in total. The van der Waals surface area contributed by atoms with E-state index in [1.807, 2.05) is 0 Å². The van der Waals surface area contributed by atoms with Crippen LogP contribution in [0.2, 0.25) is 0 Å². The van der Waals surface area contributed by atoms with Crippen molar-refractivity contribution in [1.82, 2.24) is 10.2 Å². The van der Waals surface area contributed by atoms with E-state index in [0.29, 0.717) is 11.1 Å². The van der Waals surface area contributed by atoms with Crippen LogP contribution in [0.5, 0.6) is 5.75 Å². The predicted molar refractivity (Wildman–Crippen MR) is 126 cm³/mol. The summed E-state index contributed by atoms with van der Waals surface area (Å²) >= 11 is 0. The first-order chi connectivity index (χ1) is 16.9. The Labute approximate surface area is 207 Å². The van der Waals surface area contributed by atoms with Crippen molar-refractivity contribution in [3.63, 3.8) is 0 Å². The van der Waals surface area contributed by atoms with Crippen LogP contribution in [0.15, 0.2) is 17.7 Å². The van der Waals surface area contributed by atoms with E-state index >= 15 is 0 Å². The fourth-order valence-electron chi connectivity index (χ4n) is 6.17. The third-order valence-corrected chi connectivity index (χ3v) is 7.94. The largest absolute Gasteiger partial charge is 0.507 e. The molecule has 10 nitrogen and oxygen atoms in total. The molecule has 0 spiro atoms. The quantitative estimate of drug-likeness (QED) is 0.281. The van der Waals surface area contributed by atoms with Crippen LogP contribution in [0.3, 0.4) is 0 Å². The van der Waals surface area contributed by atoms with Gasteiger partial charge < -0.3 is 36.4 Å². The average molecular weight is 506 g/mol. The number of phenols is 1. The molecule has 1 amide bonds. The number of nitrogens with one attached hydrogen (secondary N) is 1. The first kappa shape index (κ1) is 26.2. The summed E-state index contributed by atoms with van der Waals surface area (Å²) in [6.07, 6.45) is -1.29. The number of likely N-dealkylation sites (N-methyl/N-ethyl adjacent to an activating group) is 1. The molecular weight excluding hydrogens is 473 g/mol. The lowest BCUT2D eigenvalue weighted by Crippen LogP contribution is -2.73. The first-order valence-electron chi connectivity index (χ1n) is 11.9. The molecule has 196 valence electrons. The Bertz CT molecular complexity index is 1150. The number of rotatable bonds is 6. The van der Waals surface area contributed by atoms with Gasteiger partial charge in [-0.3, -0.25) is 14.4 Å². The Morgan fingerprint density at radius 2 is 1.97 bits per heavy atom. The summed E-state index contributed by atoms with van der Waals surface area (Å²) in [5.41, 5.74) is 3.76. The topological polar surface area (TPSA) is 173 Å². The maximum absolute atomic E-state index is 13.8. The van der Waals surface area contributed by atoms with Crippen molar-refractivity contribution in [2.24, 2.45) is 23.5 Å². The van der Waals surface area contributed by atoms with Crippen molar-refractivity contribution in [2.45, 2.75) is 50.1 Å². The lowest BCUT2D eigenvalue weighted by molar-refractivity contribution is -0.184. The Hall–Kier alpha value is -2.86. The lowest BCUT2D eigenvalue weighted by atomic mass is 9.54. The molecule has 0 saturated heterocycles. The third-order valence-electron chi connectivity index (χ3n) is 7.94. The summed E-state index contributed by atoms with van der Waals surface area (Å²) < 4.78 is 13.0. The minimum atomic E-state index is -2.68. The predicted octanol–water partition coefficient (Wildman–Crippen LogP) is -0.423. The van der Waals surface area contributed by atoms with Gasteiger partial charge in [0, 0.05) is 30.1 Å². The van der Waals surface area contributed by atoms with Gasteiger partial charge in [0.2, 0.25) is 11.7 Å². The lowest BCUT2D eigenvalue weighted by Gasteiger charge is -2.53. The number of ketones is 2. The number of alkyl halides is 1. The number of phenolic OH excluding ortho intramolecular Hbond substituents is 1. The van der Waals surface area contributed by atoms with Gasteiger partial charge in [0.15, 0.2) is 11.4 Å². The molecule has 36 heavy (non-hydrogen) atoms. The molecule has 3 aliphatic carbocycles. The minimum absolute atomic E-state index is 0.0164. The van der Waals surface area contributed by atoms with Gasteiger partial charge in [0.25, 0.3) is 0 Å². The highest BCUT2D eigenvalue weighted by molar-refractivity contribution is 6.25. The van der Waals surface area contributed by atoms with Crippen LogP contribution in [0.25, 0.3) is 5.76 Å². The van der Waals surface area contributed by atoms with Gasteiger partial charge in [-0.2, -0.15) is 0 Å². The number of hydrogen-bond acceptors (Lipinski definition) is 9. The number of amides is 1. The number of nitrogens with two attached hydrogens (primary N) is 1. The molecule has 0 aromatic heterocycles. The SMILES string of the molecule is CC(CF)NCc1ccc(O)c2c1C[C@@H]1C[C@@H]3C(N(C)C)C(O)C(C(N)=O)C(=O)[C@]3(O)C(=O)C1=C2O. The number of fused-ring (bicyclic) bond motifs is 3. The molecule has 11 heteroatoms. The molecule has 1 aromatic rings. The standard InChI is InChI=1S/C25H32FN3O7/c1-10(8-26)28-9-11-4-5-15(30)17-13(11)6-12-7-14-19(29(2)3)21(32)18(24(27)35)23(34)25(14,36)22(33)16(12)20(17)31/h4-5,10,12,14,18-19,21,28,30-32,36H,6-9H2,1-3H3,(H2,27,35)/t10?,12-,14-,18?,19?,21?,25-/m1/s1. The molecule has 2 fully saturated rings. The van der Waals surface area contributed by atoms with E-state index in [2.05, 4.69) is 5.32 Å². The number of hydrogen-bond donors (Lipinski definition) is 6. The number of aliphatic hydroxyl groups excluding tert-OH is 2. The van der Waals surface area contributed by atoms with Gasteiger partial charge in [-0.15, -0.1) is 0 Å². The molecule has 1 aromatic carbocycles. The molecule has 3 aliphatic rings. The van der Waals surface area contributed by atoms with E-state index in [4.69, 9.17) is 5.73 Å². The van der Waals surface area contributed by atoms with Crippen molar-refractivity contribution in [1.29, 1.82) is 0 Å². The summed E-state index contributed by atoms with van der Waals surface area (Å²) in [6, 6.07) is 1.64. The zero-order valence-corrected chi connectivity index (χ0v) is 20.4. The van der Waals surface area contributed by atoms with Gasteiger partial charge in [-0.1, -0.05) is 6.07 Å². The number of halogens is 1. The van der Waals surface area contributed by atoms with Gasteiger partial charge in [0.1, 0.15) is 24.1 Å². The van der Waals surface area contributed by atoms with E-state index in [-0.39, 0.29) is 36.3 Å². The van der Waals surface area contributed by atoms with Gasteiger partial charge in [-0.25, -0.2) is 4.39 Å². The van der Waals surface area contributed by atoms with Gasteiger partial charge in [0.05, 0.1) is 11.7 Å². The van der Waals surface area contributed by atoms with E-state index in [0.717, 1.165) is 0 Å². The van der Waals surface area contributed by atoms with Crippen LogP contribution < -0.4 is 11.1 Å². The Kier molecular flexibility index (Phi) is 6.71. The number of aliphatic hydroxyl groups is 3. The van der Waals surface area contributed by atoms with Gasteiger partial charge >= 0.3 is 0 Å². The normalized spacial score (nSPS) is 32.7. The number of carbonyl (C=O) groups is 3. The molecular formula is C25H32FN3O7. The molecule has 0 heterocycles. The maximum atomic E-state index is 13.8. The van der Waals surface area contributed by atoms with Gasteiger partial charge in [-0.05, 0) is 57.0 Å². The van der Waals surface area contributed by atoms with Crippen molar-refractivity contribution >= 4 is 23.2 Å². The van der Waals surface area contributed by atoms with E-state index < -0.39 is 71.4 Å². The second kappa shape index (κ2) is 9.22. The number of carbonyl (C=O) groups excluding carboxylic acids is 3. The Morgan fingerprint density at radius 3 is 2.56 bits per heavy atom. The highest BCUT2D eigenvalue weighted by atomic mass is 19.1. The fraction of sp³-hybridized carbons (Fsp3) is 0.560. The second-order valence-corrected chi connectivity index (χ2v) is 10.3. The van der Waals surface area contributed by atoms with Crippen LogP contribution in [0.1, 0.15) is 30.0 Å². The number of Topliss-reactive ketones (excluding diaryl/α,β-unsaturated/α-hetero) is 2. The summed E-state index contributed by atoms with van der Waals surface area (Å²) in [5.74, 6) is -7.77. The molecule has 0 aliphatic heterocycles. The van der Waals surface area contributed by atoms with E-state index in [1.54, 1.807) is 32.0 Å². The Balaban J connectivity index is 1.85. The summed E-state index contributed by atoms with van der Waals surface area (Å²) in [6.45, 7) is 1.35. The van der Waals surface area contributed by atoms with Crippen LogP contribution in [-0.4, -0.2) is 87.4 Å². The summed E-state index contributed by atoms with van der Waals surface area (Å²) in [5, 5.41) is 47.2. The van der Waals surface area contributed by atoms with Crippen molar-refractivity contribution in [3.8, 4) is 5.75 Å². The van der Waals surface area contributed by atoms with Crippen molar-refractivity contribution < 1.29 is 39.2 Å². The fourth-order valence-corrected chi connectivity index (χ4v) is 6.17. The summed E-state index contributed by atoms with van der Waals surface area (Å²) in [7, 11) is 3.19. The molecule has 7 atom stereocenters. The zero-order chi connectivity index (χ0) is 26.7. The highest BCUT2D eigenvalue weighted by Crippen LogP contribution is 2.52. The number of primary amides is 1. The minimum Gasteiger partial charge on any atom is -0.507 e. The second-order valence-electron chi connectivity index (χ2n) is 10.3. The molecule has 0 bridgehead atoms. The molecule has 0 radical (unpaired) electrons. The number of benzene rings is 1. The zero-order valence-electron chi connectivity index (χ0n) is 20.4.